The molecule has 0 radical (unpaired) electrons. The van der Waals surface area contributed by atoms with Crippen LogP contribution in [0.25, 0.3) is 0 Å². The molecule has 1 N–H and O–H groups in total. The predicted molar refractivity (Wildman–Crippen MR) is 68.9 cm³/mol. The zero-order valence-corrected chi connectivity index (χ0v) is 11.8. The van der Waals surface area contributed by atoms with E-state index in [-0.39, 0.29) is 12.4 Å². The van der Waals surface area contributed by atoms with Crippen molar-refractivity contribution < 1.29 is 22.7 Å². The summed E-state index contributed by atoms with van der Waals surface area (Å²) < 4.78 is 42.1. The second-order valence-electron chi connectivity index (χ2n) is 3.80. The zero-order chi connectivity index (χ0) is 14.5. The third-order valence-corrected chi connectivity index (χ3v) is 3.05. The number of methoxy groups -OCH3 is 1. The largest absolute Gasteiger partial charge is 0.469 e. The van der Waals surface area contributed by atoms with Gasteiger partial charge in [-0.1, -0.05) is 0 Å². The number of alkyl halides is 3. The molecule has 0 aromatic heterocycles. The molecular formula is C12H13BrF3NO2. The summed E-state index contributed by atoms with van der Waals surface area (Å²) in [5.74, 6) is -0.312. The monoisotopic (exact) mass is 339 g/mol. The SMILES string of the molecule is COC(=O)CCCNc1ccc(C(F)(F)F)cc1Br. The number of anilines is 1. The minimum absolute atomic E-state index is 0.266. The van der Waals surface area contributed by atoms with Crippen LogP contribution in [0, 0.1) is 0 Å². The molecule has 0 saturated heterocycles. The van der Waals surface area contributed by atoms with Crippen molar-refractivity contribution >= 4 is 27.6 Å². The Morgan fingerprint density at radius 3 is 2.63 bits per heavy atom. The van der Waals surface area contributed by atoms with Crippen molar-refractivity contribution in [3.8, 4) is 0 Å². The summed E-state index contributed by atoms with van der Waals surface area (Å²) in [5, 5.41) is 2.95. The van der Waals surface area contributed by atoms with E-state index in [2.05, 4.69) is 26.0 Å². The van der Waals surface area contributed by atoms with Crippen LogP contribution in [0.15, 0.2) is 22.7 Å². The summed E-state index contributed by atoms with van der Waals surface area (Å²) >= 11 is 3.08. The first-order valence-corrected chi connectivity index (χ1v) is 6.31. The standard InChI is InChI=1S/C12H13BrF3NO2/c1-19-11(18)3-2-6-17-10-5-4-8(7-9(10)13)12(14,15)16/h4-5,7,17H,2-3,6H2,1H3. The molecule has 1 aromatic carbocycles. The number of benzene rings is 1. The molecule has 0 unspecified atom stereocenters. The number of hydrogen-bond donors (Lipinski definition) is 1. The number of carbonyl (C=O) groups excluding carboxylic acids is 1. The fourth-order valence-electron chi connectivity index (χ4n) is 1.39. The van der Waals surface area contributed by atoms with Gasteiger partial charge in [-0.05, 0) is 40.5 Å². The van der Waals surface area contributed by atoms with Gasteiger partial charge >= 0.3 is 12.1 Å². The number of nitrogens with one attached hydrogen (secondary N) is 1. The number of halogens is 4. The Morgan fingerprint density at radius 2 is 2.11 bits per heavy atom. The van der Waals surface area contributed by atoms with Gasteiger partial charge < -0.3 is 10.1 Å². The Balaban J connectivity index is 2.54. The third kappa shape index (κ3) is 5.10. The quantitative estimate of drug-likeness (QED) is 0.654. The van der Waals surface area contributed by atoms with Crippen molar-refractivity contribution in [2.75, 3.05) is 19.0 Å². The number of ether oxygens (including phenoxy) is 1. The van der Waals surface area contributed by atoms with Gasteiger partial charge in [0.25, 0.3) is 0 Å². The van der Waals surface area contributed by atoms with Crippen molar-refractivity contribution in [3.05, 3.63) is 28.2 Å². The van der Waals surface area contributed by atoms with Crippen LogP contribution in [0.3, 0.4) is 0 Å². The van der Waals surface area contributed by atoms with Crippen LogP contribution in [-0.2, 0) is 15.7 Å². The van der Waals surface area contributed by atoms with Crippen molar-refractivity contribution in [1.82, 2.24) is 0 Å². The second-order valence-corrected chi connectivity index (χ2v) is 4.65. The Labute approximate surface area is 117 Å². The number of carbonyl (C=O) groups is 1. The smallest absolute Gasteiger partial charge is 0.416 e. The zero-order valence-electron chi connectivity index (χ0n) is 10.2. The average Bonchev–Trinajstić information content (AvgIpc) is 2.34. The van der Waals surface area contributed by atoms with Gasteiger partial charge in [0.05, 0.1) is 12.7 Å². The lowest BCUT2D eigenvalue weighted by Crippen LogP contribution is -2.08. The molecular weight excluding hydrogens is 327 g/mol. The van der Waals surface area contributed by atoms with Gasteiger partial charge in [-0.25, -0.2) is 0 Å². The van der Waals surface area contributed by atoms with E-state index < -0.39 is 11.7 Å². The average molecular weight is 340 g/mol. The molecule has 0 aliphatic heterocycles. The molecule has 0 aliphatic rings. The highest BCUT2D eigenvalue weighted by Gasteiger charge is 2.30. The fourth-order valence-corrected chi connectivity index (χ4v) is 1.91. The molecule has 3 nitrogen and oxygen atoms in total. The van der Waals surface area contributed by atoms with E-state index in [1.165, 1.54) is 13.2 Å². The normalized spacial score (nSPS) is 11.2. The van der Waals surface area contributed by atoms with Gasteiger partial charge in [0.2, 0.25) is 0 Å². The molecule has 0 saturated carbocycles. The minimum atomic E-state index is -4.36. The Morgan fingerprint density at radius 1 is 1.42 bits per heavy atom. The lowest BCUT2D eigenvalue weighted by molar-refractivity contribution is -0.140. The van der Waals surface area contributed by atoms with Gasteiger partial charge in [0, 0.05) is 23.1 Å². The summed E-state index contributed by atoms with van der Waals surface area (Å²) in [7, 11) is 1.31. The second kappa shape index (κ2) is 6.79. The van der Waals surface area contributed by atoms with Gasteiger partial charge in [-0.2, -0.15) is 13.2 Å². The summed E-state index contributed by atoms with van der Waals surface area (Å²) in [6.45, 7) is 0.471. The highest BCUT2D eigenvalue weighted by atomic mass is 79.9. The molecule has 106 valence electrons. The van der Waals surface area contributed by atoms with E-state index in [0.717, 1.165) is 12.1 Å². The van der Waals surface area contributed by atoms with Crippen molar-refractivity contribution in [2.24, 2.45) is 0 Å². The van der Waals surface area contributed by atoms with E-state index >= 15 is 0 Å². The maximum Gasteiger partial charge on any atom is 0.416 e. The van der Waals surface area contributed by atoms with E-state index in [9.17, 15) is 18.0 Å². The van der Waals surface area contributed by atoms with E-state index in [1.54, 1.807) is 0 Å². The Bertz CT molecular complexity index is 449. The van der Waals surface area contributed by atoms with Gasteiger partial charge in [0.15, 0.2) is 0 Å². The molecule has 0 amide bonds. The van der Waals surface area contributed by atoms with Crippen LogP contribution >= 0.6 is 15.9 Å². The topological polar surface area (TPSA) is 38.3 Å². The van der Waals surface area contributed by atoms with Crippen molar-refractivity contribution in [3.63, 3.8) is 0 Å². The molecule has 0 bridgehead atoms. The summed E-state index contributed by atoms with van der Waals surface area (Å²) in [6, 6.07) is 3.38. The van der Waals surface area contributed by atoms with Crippen LogP contribution in [0.1, 0.15) is 18.4 Å². The van der Waals surface area contributed by atoms with Crippen molar-refractivity contribution in [2.45, 2.75) is 19.0 Å². The number of esters is 1. The van der Waals surface area contributed by atoms with Crippen LogP contribution in [0.5, 0.6) is 0 Å². The van der Waals surface area contributed by atoms with Crippen molar-refractivity contribution in [1.29, 1.82) is 0 Å². The number of rotatable bonds is 5. The lowest BCUT2D eigenvalue weighted by Gasteiger charge is -2.11. The highest BCUT2D eigenvalue weighted by Crippen LogP contribution is 2.33. The van der Waals surface area contributed by atoms with E-state index in [0.29, 0.717) is 23.1 Å². The highest BCUT2D eigenvalue weighted by molar-refractivity contribution is 9.10. The van der Waals surface area contributed by atoms with Gasteiger partial charge in [0.1, 0.15) is 0 Å². The third-order valence-electron chi connectivity index (χ3n) is 2.40. The molecule has 0 fully saturated rings. The molecule has 1 rings (SSSR count). The Kier molecular flexibility index (Phi) is 5.65. The Hall–Kier alpha value is -1.24. The van der Waals surface area contributed by atoms with E-state index in [4.69, 9.17) is 0 Å². The number of hydrogen-bond acceptors (Lipinski definition) is 3. The maximum atomic E-state index is 12.4. The lowest BCUT2D eigenvalue weighted by atomic mass is 10.2. The first-order chi connectivity index (χ1) is 8.84. The van der Waals surface area contributed by atoms with Crippen LogP contribution in [-0.4, -0.2) is 19.6 Å². The molecule has 0 heterocycles. The fraction of sp³-hybridized carbons (Fsp3) is 0.417. The first kappa shape index (κ1) is 15.8. The molecule has 0 aliphatic carbocycles. The van der Waals surface area contributed by atoms with Gasteiger partial charge in [-0.15, -0.1) is 0 Å². The van der Waals surface area contributed by atoms with Crippen LogP contribution < -0.4 is 5.32 Å². The molecule has 7 heteroatoms. The molecule has 1 aromatic rings. The van der Waals surface area contributed by atoms with E-state index in [1.807, 2.05) is 0 Å². The molecule has 19 heavy (non-hydrogen) atoms. The summed E-state index contributed by atoms with van der Waals surface area (Å²) in [4.78, 5) is 10.9. The molecule has 0 spiro atoms. The first-order valence-electron chi connectivity index (χ1n) is 5.52. The van der Waals surface area contributed by atoms with Crippen LogP contribution in [0.4, 0.5) is 18.9 Å². The summed E-state index contributed by atoms with van der Waals surface area (Å²) in [6.07, 6.45) is -3.55. The van der Waals surface area contributed by atoms with Gasteiger partial charge in [-0.3, -0.25) is 4.79 Å². The molecule has 0 atom stereocenters. The summed E-state index contributed by atoms with van der Waals surface area (Å²) in [5.41, 5.74) is -0.155. The minimum Gasteiger partial charge on any atom is -0.469 e. The van der Waals surface area contributed by atoms with Crippen LogP contribution in [0.2, 0.25) is 0 Å². The maximum absolute atomic E-state index is 12.4. The predicted octanol–water partition coefficient (Wildman–Crippen LogP) is 3.83.